The fraction of sp³-hybridized carbons (Fsp3) is 0.506. The number of alkyl carbamates (subject to hydrolysis) is 1. The molecule has 2 heterocycles. The second-order valence-corrected chi connectivity index (χ2v) is 30.2. The number of amides is 8. The molecule has 0 bridgehead atoms. The second-order valence-electron chi connectivity index (χ2n) is 30.2. The molecule has 564 valence electrons. The van der Waals surface area contributed by atoms with E-state index in [9.17, 15) is 24.0 Å². The van der Waals surface area contributed by atoms with E-state index in [0.29, 0.717) is 23.4 Å². The average molecular weight is 1440 g/mol. The Bertz CT molecular complexity index is 3710. The van der Waals surface area contributed by atoms with Crippen molar-refractivity contribution in [3.63, 3.8) is 0 Å². The van der Waals surface area contributed by atoms with Gasteiger partial charge in [0, 0.05) is 44.4 Å². The van der Waals surface area contributed by atoms with E-state index in [2.05, 4.69) is 47.5 Å². The lowest BCUT2D eigenvalue weighted by Gasteiger charge is -2.37. The van der Waals surface area contributed by atoms with Crippen LogP contribution >= 0.6 is 0 Å². The number of carbonyl (C=O) groups is 9. The quantitative estimate of drug-likeness (QED) is 0.0142. The molecule has 6 rings (SSSR count). The zero-order chi connectivity index (χ0) is 77.0. The van der Waals surface area contributed by atoms with Crippen LogP contribution in [-0.2, 0) is 89.2 Å². The Morgan fingerprint density at radius 3 is 1.26 bits per heavy atom. The molecule has 0 spiro atoms. The molecule has 11 atom stereocenters. The molecule has 0 radical (unpaired) electrons. The number of imidazole rings is 2. The van der Waals surface area contributed by atoms with Crippen molar-refractivity contribution in [2.75, 3.05) is 7.11 Å². The summed E-state index contributed by atoms with van der Waals surface area (Å²) in [6, 6.07) is 27.4. The number of carbonyl (C=O) groups excluding carboxylic acids is 9. The van der Waals surface area contributed by atoms with Crippen LogP contribution in [0.15, 0.2) is 146 Å². The number of esters is 1. The van der Waals surface area contributed by atoms with Gasteiger partial charge >= 0.3 is 12.1 Å². The van der Waals surface area contributed by atoms with Crippen LogP contribution in [0.1, 0.15) is 158 Å². The number of aromatic nitrogens is 4. The maximum atomic E-state index is 15.8. The minimum absolute atomic E-state index is 0.0656. The lowest BCUT2D eigenvalue weighted by Crippen LogP contribution is -2.63. The van der Waals surface area contributed by atoms with Gasteiger partial charge in [-0.2, -0.15) is 0 Å². The predicted octanol–water partition coefficient (Wildman–Crippen LogP) is 7.71. The van der Waals surface area contributed by atoms with Gasteiger partial charge in [0.15, 0.2) is 0 Å². The summed E-state index contributed by atoms with van der Waals surface area (Å²) in [7, 11) is 2.94. The molecule has 8 N–H and O–H groups in total. The molecule has 4 aromatic carbocycles. The maximum absolute atomic E-state index is 15.8. The average Bonchev–Trinajstić information content (AvgIpc) is 1.28. The minimum atomic E-state index is -1.56. The molecule has 0 saturated carbocycles. The van der Waals surface area contributed by atoms with E-state index >= 15 is 19.2 Å². The van der Waals surface area contributed by atoms with E-state index in [1.165, 1.54) is 7.11 Å². The lowest BCUT2D eigenvalue weighted by atomic mass is 9.77. The number of rotatable bonds is 34. The van der Waals surface area contributed by atoms with Crippen LogP contribution in [0.4, 0.5) is 4.79 Å². The third-order valence-corrected chi connectivity index (χ3v) is 17.5. The van der Waals surface area contributed by atoms with Crippen LogP contribution in [-0.4, -0.2) is 157 Å². The van der Waals surface area contributed by atoms with Gasteiger partial charge in [-0.15, -0.1) is 0 Å². The predicted molar refractivity (Wildman–Crippen MR) is 396 cm³/mol. The van der Waals surface area contributed by atoms with Crippen molar-refractivity contribution in [1.82, 2.24) is 61.6 Å². The number of benzene rings is 4. The maximum Gasteiger partial charge on any atom is 0.408 e. The highest BCUT2D eigenvalue weighted by Gasteiger charge is 2.43. The Morgan fingerprint density at radius 2 is 0.837 bits per heavy atom. The minimum Gasteiger partial charge on any atom is -0.467 e. The molecule has 0 aliphatic heterocycles. The summed E-state index contributed by atoms with van der Waals surface area (Å²) in [6.07, 6.45) is 3.64. The number of nitrogens with one attached hydrogen (secondary N) is 8. The first-order valence-electron chi connectivity index (χ1n) is 35.6. The Balaban J connectivity index is 1.43. The van der Waals surface area contributed by atoms with E-state index in [4.69, 9.17) is 23.9 Å². The zero-order valence-electron chi connectivity index (χ0n) is 63.8. The monoisotopic (exact) mass is 1430 g/mol. The number of hydrogen-bond donors (Lipinski definition) is 8. The van der Waals surface area contributed by atoms with Gasteiger partial charge < -0.3 is 70.6 Å². The molecule has 6 aromatic rings. The molecule has 104 heavy (non-hydrogen) atoms. The van der Waals surface area contributed by atoms with E-state index < -0.39 is 148 Å². The summed E-state index contributed by atoms with van der Waals surface area (Å²) in [5.74, 6) is -7.98. The molecule has 0 saturated heterocycles. The van der Waals surface area contributed by atoms with Crippen molar-refractivity contribution < 1.29 is 62.1 Å². The number of methoxy groups -OCH3 is 1. The highest BCUT2D eigenvalue weighted by atomic mass is 16.6. The lowest BCUT2D eigenvalue weighted by molar-refractivity contribution is -0.149. The summed E-state index contributed by atoms with van der Waals surface area (Å²) in [5.41, 5.74) is 0.499. The van der Waals surface area contributed by atoms with Crippen molar-refractivity contribution in [3.05, 3.63) is 180 Å². The van der Waals surface area contributed by atoms with Crippen molar-refractivity contribution >= 4 is 53.4 Å². The van der Waals surface area contributed by atoms with Crippen LogP contribution in [0.2, 0.25) is 0 Å². The first kappa shape index (κ1) is 83.2. The van der Waals surface area contributed by atoms with E-state index in [1.54, 1.807) is 178 Å². The molecule has 2 aromatic heterocycles. The third-order valence-electron chi connectivity index (χ3n) is 17.5. The van der Waals surface area contributed by atoms with Crippen molar-refractivity contribution in [2.45, 2.75) is 226 Å². The van der Waals surface area contributed by atoms with E-state index in [1.807, 2.05) is 102 Å². The Morgan fingerprint density at radius 1 is 0.452 bits per heavy atom. The molecular formula is C79H110N12O13. The van der Waals surface area contributed by atoms with E-state index in [-0.39, 0.29) is 25.2 Å². The van der Waals surface area contributed by atoms with Gasteiger partial charge in [-0.1, -0.05) is 169 Å². The highest BCUT2D eigenvalue weighted by molar-refractivity contribution is 5.98. The SMILES string of the molecule is CCC(C)[C@H](NC(=O)C(NC(=O)[C@H](NC(=O)[C@H](Cc1ccccc1)NC(=O)[C@H](Cc1cn(C(c2ccccc2)(c2ccccc2)c2ccccc2)cn1)NC(=O)[C@H](NC(=O)C(NC(=O)[C@H](Cc1cncn1C)NC(=O)OC(C)(C)C)C(C)OC(C)(C)C)C(C)C)C(C)C)C(C)OC(C)(C)C)C(=O)OC. The van der Waals surface area contributed by atoms with Gasteiger partial charge in [0.25, 0.3) is 0 Å². The number of ether oxygens (including phenoxy) is 4. The topological polar surface area (TPSA) is 322 Å². The number of nitrogens with zero attached hydrogens (tertiary/aromatic N) is 4. The molecule has 8 amide bonds. The fourth-order valence-corrected chi connectivity index (χ4v) is 12.2. The second kappa shape index (κ2) is 37.1. The van der Waals surface area contributed by atoms with Crippen molar-refractivity contribution in [1.29, 1.82) is 0 Å². The standard InChI is InChI=1S/C79H110N12O13/c1-20-50(6)64(74(99)101-19)87-73(98)66(52(8)103-77(12,13)14)89-71(96)63(49(4)5)85-68(93)59(41-53-33-25-21-26-34-53)82-67(92)60(42-57-45-91(47-81-57)79(54-35-27-22-28-36-54,55-37-29-23-30-38-55)56-39-31-24-32-40-56)83-70(95)62(48(2)3)86-72(97)65(51(7)102-76(9,10)11)88-69(94)61(43-58-44-80-46-90(58)18)84-75(100)104-78(15,16)17/h21-40,44-52,59-66H,20,41-43H2,1-19H3,(H,82,92)(H,83,95)(H,84,100)(H,85,93)(H,86,97)(H,87,98)(H,88,94)(H,89,96)/t50?,51?,52?,59-,60-,61-,62+,63+,64-,65?,66?/m0/s1. The molecular weight excluding hydrogens is 1320 g/mol. The van der Waals surface area contributed by atoms with Gasteiger partial charge in [-0.25, -0.2) is 19.6 Å². The third kappa shape index (κ3) is 23.6. The first-order valence-corrected chi connectivity index (χ1v) is 35.6. The van der Waals surface area contributed by atoms with Crippen LogP contribution in [0.5, 0.6) is 0 Å². The van der Waals surface area contributed by atoms with Crippen LogP contribution in [0, 0.1) is 17.8 Å². The van der Waals surface area contributed by atoms with E-state index in [0.717, 1.165) is 16.7 Å². The van der Waals surface area contributed by atoms with Crippen LogP contribution in [0.3, 0.4) is 0 Å². The number of aryl methyl sites for hydroxylation is 1. The summed E-state index contributed by atoms with van der Waals surface area (Å²) in [4.78, 5) is 141. The molecule has 0 aliphatic rings. The Hall–Kier alpha value is -9.75. The normalized spacial score (nSPS) is 15.2. The first-order chi connectivity index (χ1) is 48.8. The fourth-order valence-electron chi connectivity index (χ4n) is 12.2. The molecule has 0 aliphatic carbocycles. The Kier molecular flexibility index (Phi) is 29.7. The Labute approximate surface area is 612 Å². The van der Waals surface area contributed by atoms with Gasteiger partial charge in [-0.3, -0.25) is 33.6 Å². The summed E-state index contributed by atoms with van der Waals surface area (Å²) < 4.78 is 26.8. The largest absolute Gasteiger partial charge is 0.467 e. The zero-order valence-corrected chi connectivity index (χ0v) is 63.8. The van der Waals surface area contributed by atoms with Gasteiger partial charge in [0.2, 0.25) is 41.4 Å². The highest BCUT2D eigenvalue weighted by Crippen LogP contribution is 2.41. The summed E-state index contributed by atoms with van der Waals surface area (Å²) >= 11 is 0. The smallest absolute Gasteiger partial charge is 0.408 e. The molecule has 5 unspecified atom stereocenters. The number of hydrogen-bond acceptors (Lipinski definition) is 15. The molecule has 25 nitrogen and oxygen atoms in total. The summed E-state index contributed by atoms with van der Waals surface area (Å²) in [5, 5.41) is 22.6. The van der Waals surface area contributed by atoms with Gasteiger partial charge in [-0.05, 0) is 116 Å². The van der Waals surface area contributed by atoms with Gasteiger partial charge in [0.05, 0.1) is 48.9 Å². The summed E-state index contributed by atoms with van der Waals surface area (Å²) in [6.45, 7) is 29.3. The molecule has 0 fully saturated rings. The van der Waals surface area contributed by atoms with Gasteiger partial charge in [0.1, 0.15) is 59.5 Å². The van der Waals surface area contributed by atoms with Crippen LogP contribution in [0.25, 0.3) is 0 Å². The molecule has 25 heteroatoms. The van der Waals surface area contributed by atoms with Crippen molar-refractivity contribution in [3.8, 4) is 0 Å². The van der Waals surface area contributed by atoms with Crippen molar-refractivity contribution in [2.24, 2.45) is 24.8 Å². The van der Waals surface area contributed by atoms with Crippen LogP contribution < -0.4 is 42.5 Å².